The first-order valence-electron chi connectivity index (χ1n) is 5.70. The second kappa shape index (κ2) is 3.50. The third-order valence-electron chi connectivity index (χ3n) is 2.89. The minimum atomic E-state index is 0.0467. The van der Waals surface area contributed by atoms with E-state index in [0.717, 1.165) is 10.5 Å². The summed E-state index contributed by atoms with van der Waals surface area (Å²) in [6, 6.07) is 8.46. The highest BCUT2D eigenvalue weighted by Crippen LogP contribution is 2.37. The summed E-state index contributed by atoms with van der Waals surface area (Å²) in [4.78, 5) is 9.99. The molecule has 2 heterocycles. The topological polar surface area (TPSA) is 25.8 Å². The van der Waals surface area contributed by atoms with Crippen molar-refractivity contribution in [3.8, 4) is 0 Å². The highest BCUT2D eigenvalue weighted by molar-refractivity contribution is 7.25. The zero-order chi connectivity index (χ0) is 12.0. The van der Waals surface area contributed by atoms with Crippen molar-refractivity contribution < 1.29 is 0 Å². The summed E-state index contributed by atoms with van der Waals surface area (Å²) in [5, 5.41) is 2.50. The molecule has 3 aromatic rings. The molecule has 0 N–H and O–H groups in total. The van der Waals surface area contributed by atoms with Crippen molar-refractivity contribution >= 4 is 31.6 Å². The highest BCUT2D eigenvalue weighted by Gasteiger charge is 2.21. The Morgan fingerprint density at radius 1 is 1.06 bits per heavy atom. The zero-order valence-corrected chi connectivity index (χ0v) is 11.0. The molecule has 3 rings (SSSR count). The molecule has 0 bridgehead atoms. The summed E-state index contributed by atoms with van der Waals surface area (Å²) in [5.74, 6) is 0. The van der Waals surface area contributed by atoms with E-state index in [-0.39, 0.29) is 5.41 Å². The van der Waals surface area contributed by atoms with Gasteiger partial charge in [-0.25, -0.2) is 9.97 Å². The summed E-state index contributed by atoms with van der Waals surface area (Å²) in [5.41, 5.74) is 1.19. The Morgan fingerprint density at radius 3 is 2.59 bits per heavy atom. The fourth-order valence-corrected chi connectivity index (χ4v) is 3.17. The molecule has 2 aromatic heterocycles. The fraction of sp³-hybridized carbons (Fsp3) is 0.286. The van der Waals surface area contributed by atoms with Gasteiger partial charge >= 0.3 is 0 Å². The quantitative estimate of drug-likeness (QED) is 0.592. The zero-order valence-electron chi connectivity index (χ0n) is 10.2. The molecular formula is C14H14N2S. The van der Waals surface area contributed by atoms with Crippen LogP contribution in [-0.2, 0) is 5.41 Å². The summed E-state index contributed by atoms with van der Waals surface area (Å²) in [6.45, 7) is 6.59. The Morgan fingerprint density at radius 2 is 1.82 bits per heavy atom. The fourth-order valence-electron chi connectivity index (χ4n) is 2.12. The average molecular weight is 242 g/mol. The van der Waals surface area contributed by atoms with Gasteiger partial charge in [0.2, 0.25) is 0 Å². The lowest BCUT2D eigenvalue weighted by Gasteiger charge is -2.18. The summed E-state index contributed by atoms with van der Waals surface area (Å²) in [6.07, 6.45) is 1.68. The molecule has 0 unspecified atom stereocenters. The Labute approximate surface area is 104 Å². The van der Waals surface area contributed by atoms with Crippen LogP contribution in [0.5, 0.6) is 0 Å². The predicted molar refractivity (Wildman–Crippen MR) is 73.6 cm³/mol. The first-order valence-corrected chi connectivity index (χ1v) is 6.52. The van der Waals surface area contributed by atoms with Gasteiger partial charge in [0.15, 0.2) is 0 Å². The van der Waals surface area contributed by atoms with E-state index in [1.165, 1.54) is 15.5 Å². The number of rotatable bonds is 0. The van der Waals surface area contributed by atoms with Crippen molar-refractivity contribution in [1.82, 2.24) is 9.97 Å². The van der Waals surface area contributed by atoms with E-state index in [1.54, 1.807) is 17.7 Å². The van der Waals surface area contributed by atoms with E-state index in [2.05, 4.69) is 55.0 Å². The van der Waals surface area contributed by atoms with Crippen LogP contribution in [0.4, 0.5) is 0 Å². The molecule has 17 heavy (non-hydrogen) atoms. The third kappa shape index (κ3) is 1.62. The number of benzene rings is 1. The Balaban J connectivity index is 2.52. The van der Waals surface area contributed by atoms with E-state index in [4.69, 9.17) is 0 Å². The lowest BCUT2D eigenvalue weighted by atomic mass is 9.89. The van der Waals surface area contributed by atoms with Gasteiger partial charge in [-0.3, -0.25) is 0 Å². The first kappa shape index (κ1) is 10.7. The van der Waals surface area contributed by atoms with Crippen molar-refractivity contribution in [2.75, 3.05) is 0 Å². The highest BCUT2D eigenvalue weighted by atomic mass is 32.1. The van der Waals surface area contributed by atoms with Gasteiger partial charge in [-0.05, 0) is 6.07 Å². The van der Waals surface area contributed by atoms with Gasteiger partial charge in [-0.1, -0.05) is 39.0 Å². The van der Waals surface area contributed by atoms with Crippen LogP contribution in [0.25, 0.3) is 20.3 Å². The van der Waals surface area contributed by atoms with Crippen LogP contribution in [0.15, 0.2) is 30.6 Å². The van der Waals surface area contributed by atoms with Crippen molar-refractivity contribution in [1.29, 1.82) is 0 Å². The molecule has 0 amide bonds. The summed E-state index contributed by atoms with van der Waals surface area (Å²) >= 11 is 1.74. The normalized spacial score (nSPS) is 12.4. The van der Waals surface area contributed by atoms with Gasteiger partial charge in [-0.2, -0.15) is 0 Å². The van der Waals surface area contributed by atoms with Gasteiger partial charge in [0.25, 0.3) is 0 Å². The van der Waals surface area contributed by atoms with Crippen LogP contribution in [0.2, 0.25) is 0 Å². The molecule has 86 valence electrons. The molecular weight excluding hydrogens is 228 g/mol. The lowest BCUT2D eigenvalue weighted by Crippen LogP contribution is -2.13. The van der Waals surface area contributed by atoms with Gasteiger partial charge in [0.1, 0.15) is 11.2 Å². The number of aromatic nitrogens is 2. The number of fused-ring (bicyclic) bond motifs is 3. The van der Waals surface area contributed by atoms with E-state index in [1.807, 2.05) is 0 Å². The smallest absolute Gasteiger partial charge is 0.128 e. The SMILES string of the molecule is CC(C)(C)c1ncnc2sc3ccccc3c12. The summed E-state index contributed by atoms with van der Waals surface area (Å²) in [7, 11) is 0. The van der Waals surface area contributed by atoms with E-state index >= 15 is 0 Å². The minimum Gasteiger partial charge on any atom is -0.240 e. The third-order valence-corrected chi connectivity index (χ3v) is 3.96. The maximum atomic E-state index is 4.50. The molecule has 2 nitrogen and oxygen atoms in total. The Bertz CT molecular complexity index is 692. The molecule has 0 aliphatic rings. The van der Waals surface area contributed by atoms with Gasteiger partial charge in [0.05, 0.1) is 5.69 Å². The number of thiophene rings is 1. The standard InChI is InChI=1S/C14H14N2S/c1-14(2,3)12-11-9-6-4-5-7-10(9)17-13(11)16-8-15-12/h4-8H,1-3H3. The second-order valence-electron chi connectivity index (χ2n) is 5.25. The molecule has 0 atom stereocenters. The van der Waals surface area contributed by atoms with Gasteiger partial charge in [0, 0.05) is 20.9 Å². The second-order valence-corrected chi connectivity index (χ2v) is 6.28. The van der Waals surface area contributed by atoms with Crippen LogP contribution in [0.1, 0.15) is 26.5 Å². The van der Waals surface area contributed by atoms with Crippen molar-refractivity contribution in [2.24, 2.45) is 0 Å². The van der Waals surface area contributed by atoms with E-state index < -0.39 is 0 Å². The molecule has 1 aromatic carbocycles. The number of nitrogens with zero attached hydrogens (tertiary/aromatic N) is 2. The maximum absolute atomic E-state index is 4.50. The van der Waals surface area contributed by atoms with E-state index in [9.17, 15) is 0 Å². The van der Waals surface area contributed by atoms with Crippen LogP contribution >= 0.6 is 11.3 Å². The predicted octanol–water partition coefficient (Wildman–Crippen LogP) is 4.14. The molecule has 0 aliphatic carbocycles. The Hall–Kier alpha value is -1.48. The van der Waals surface area contributed by atoms with Crippen LogP contribution < -0.4 is 0 Å². The first-order chi connectivity index (χ1) is 8.07. The lowest BCUT2D eigenvalue weighted by molar-refractivity contribution is 0.574. The molecule has 0 radical (unpaired) electrons. The molecule has 0 aliphatic heterocycles. The average Bonchev–Trinajstić information content (AvgIpc) is 2.65. The van der Waals surface area contributed by atoms with Crippen molar-refractivity contribution in [3.05, 3.63) is 36.3 Å². The van der Waals surface area contributed by atoms with E-state index in [0.29, 0.717) is 0 Å². The van der Waals surface area contributed by atoms with Gasteiger partial charge < -0.3 is 0 Å². The van der Waals surface area contributed by atoms with Crippen LogP contribution in [0.3, 0.4) is 0 Å². The Kier molecular flexibility index (Phi) is 2.20. The minimum absolute atomic E-state index is 0.0467. The molecule has 0 spiro atoms. The molecule has 3 heteroatoms. The number of hydrogen-bond donors (Lipinski definition) is 0. The largest absolute Gasteiger partial charge is 0.240 e. The van der Waals surface area contributed by atoms with Crippen molar-refractivity contribution in [2.45, 2.75) is 26.2 Å². The maximum Gasteiger partial charge on any atom is 0.128 e. The molecule has 0 saturated carbocycles. The van der Waals surface area contributed by atoms with Gasteiger partial charge in [-0.15, -0.1) is 11.3 Å². The van der Waals surface area contributed by atoms with Crippen LogP contribution in [-0.4, -0.2) is 9.97 Å². The monoisotopic (exact) mass is 242 g/mol. The summed E-state index contributed by atoms with van der Waals surface area (Å²) < 4.78 is 1.29. The number of hydrogen-bond acceptors (Lipinski definition) is 3. The molecule has 0 saturated heterocycles. The molecule has 0 fully saturated rings. The van der Waals surface area contributed by atoms with Crippen LogP contribution in [0, 0.1) is 0 Å². The van der Waals surface area contributed by atoms with Crippen molar-refractivity contribution in [3.63, 3.8) is 0 Å².